The van der Waals surface area contributed by atoms with Gasteiger partial charge in [-0.2, -0.15) is 0 Å². The Morgan fingerprint density at radius 1 is 1.29 bits per heavy atom. The van der Waals surface area contributed by atoms with Gasteiger partial charge in [-0.25, -0.2) is 8.78 Å². The number of rotatable bonds is 3. The van der Waals surface area contributed by atoms with Crippen LogP contribution in [0.15, 0.2) is 29.6 Å². The molecule has 1 nitrogen and oxygen atoms in total. The molecule has 0 amide bonds. The van der Waals surface area contributed by atoms with Crippen LogP contribution >= 0.6 is 27.3 Å². The first-order valence-electron chi connectivity index (χ1n) is 4.84. The quantitative estimate of drug-likeness (QED) is 0.756. The third-order valence-corrected chi connectivity index (χ3v) is 4.56. The highest BCUT2D eigenvalue weighted by Gasteiger charge is 2.20. The number of hydrogen-bond donors (Lipinski definition) is 0. The van der Waals surface area contributed by atoms with Crippen LogP contribution in [0.2, 0.25) is 0 Å². The Kier molecular flexibility index (Phi) is 3.79. The molecule has 0 radical (unpaired) electrons. The van der Waals surface area contributed by atoms with Crippen LogP contribution < -0.4 is 4.74 Å². The van der Waals surface area contributed by atoms with Crippen LogP contribution in [0.1, 0.15) is 15.3 Å². The van der Waals surface area contributed by atoms with E-state index in [0.717, 1.165) is 10.9 Å². The van der Waals surface area contributed by atoms with E-state index in [-0.39, 0.29) is 4.83 Å². The van der Waals surface area contributed by atoms with Gasteiger partial charge in [0.25, 0.3) is 0 Å². The smallest absolute Gasteiger partial charge is 0.134 e. The van der Waals surface area contributed by atoms with E-state index in [1.165, 1.54) is 23.5 Å². The minimum Gasteiger partial charge on any atom is -0.496 e. The molecule has 0 fully saturated rings. The van der Waals surface area contributed by atoms with Crippen LogP contribution in [0, 0.1) is 11.6 Å². The van der Waals surface area contributed by atoms with Crippen molar-refractivity contribution in [2.45, 2.75) is 4.83 Å². The molecule has 0 aliphatic rings. The summed E-state index contributed by atoms with van der Waals surface area (Å²) in [6, 6.07) is 5.37. The standard InChI is InChI=1S/C12H9BrF2OS/c1-16-10-4-5-17-12(10)11(13)8-3-2-7(14)6-9(8)15/h2-6,11H,1H3. The van der Waals surface area contributed by atoms with Crippen molar-refractivity contribution < 1.29 is 13.5 Å². The number of hydrogen-bond acceptors (Lipinski definition) is 2. The molecular weight excluding hydrogens is 310 g/mol. The second-order valence-electron chi connectivity index (χ2n) is 3.38. The maximum absolute atomic E-state index is 13.6. The highest BCUT2D eigenvalue weighted by Crippen LogP contribution is 2.41. The van der Waals surface area contributed by atoms with E-state index >= 15 is 0 Å². The van der Waals surface area contributed by atoms with Gasteiger partial charge in [0.05, 0.1) is 16.8 Å². The van der Waals surface area contributed by atoms with Gasteiger partial charge in [-0.3, -0.25) is 0 Å². The predicted octanol–water partition coefficient (Wildman–Crippen LogP) is 4.52. The molecule has 1 heterocycles. The summed E-state index contributed by atoms with van der Waals surface area (Å²) in [5, 5.41) is 1.86. The highest BCUT2D eigenvalue weighted by atomic mass is 79.9. The van der Waals surface area contributed by atoms with E-state index in [1.807, 2.05) is 11.4 Å². The Morgan fingerprint density at radius 2 is 2.06 bits per heavy atom. The Labute approximate surface area is 110 Å². The number of benzene rings is 1. The summed E-state index contributed by atoms with van der Waals surface area (Å²) >= 11 is 4.87. The molecule has 5 heteroatoms. The fraction of sp³-hybridized carbons (Fsp3) is 0.167. The Morgan fingerprint density at radius 3 is 2.71 bits per heavy atom. The lowest BCUT2D eigenvalue weighted by molar-refractivity contribution is 0.413. The molecule has 90 valence electrons. The van der Waals surface area contributed by atoms with Gasteiger partial charge in [0.1, 0.15) is 17.4 Å². The molecule has 0 aliphatic carbocycles. The van der Waals surface area contributed by atoms with Crippen molar-refractivity contribution in [2.24, 2.45) is 0 Å². The lowest BCUT2D eigenvalue weighted by atomic mass is 10.1. The monoisotopic (exact) mass is 318 g/mol. The Balaban J connectivity index is 2.40. The zero-order valence-corrected chi connectivity index (χ0v) is 11.3. The molecule has 1 aromatic carbocycles. The normalized spacial score (nSPS) is 12.5. The number of halogens is 3. The van der Waals surface area contributed by atoms with Crippen LogP contribution in [0.4, 0.5) is 8.78 Å². The minimum atomic E-state index is -0.580. The topological polar surface area (TPSA) is 9.23 Å². The van der Waals surface area contributed by atoms with Crippen molar-refractivity contribution in [1.29, 1.82) is 0 Å². The number of methoxy groups -OCH3 is 1. The molecule has 1 unspecified atom stereocenters. The first-order valence-corrected chi connectivity index (χ1v) is 6.63. The maximum Gasteiger partial charge on any atom is 0.134 e. The molecule has 1 aromatic heterocycles. The van der Waals surface area contributed by atoms with Crippen LogP contribution in [0.25, 0.3) is 0 Å². The van der Waals surface area contributed by atoms with Gasteiger partial charge in [0.2, 0.25) is 0 Å². The Bertz CT molecular complexity index is 527. The first kappa shape index (κ1) is 12.5. The van der Waals surface area contributed by atoms with Gasteiger partial charge in [0, 0.05) is 11.6 Å². The lowest BCUT2D eigenvalue weighted by Crippen LogP contribution is -1.97. The molecule has 17 heavy (non-hydrogen) atoms. The summed E-state index contributed by atoms with van der Waals surface area (Å²) in [6.07, 6.45) is 0. The Hall–Kier alpha value is -0.940. The summed E-state index contributed by atoms with van der Waals surface area (Å²) in [5.74, 6) is -0.452. The maximum atomic E-state index is 13.6. The summed E-state index contributed by atoms with van der Waals surface area (Å²) in [6.45, 7) is 0. The number of ether oxygens (including phenoxy) is 1. The van der Waals surface area contributed by atoms with E-state index < -0.39 is 11.6 Å². The summed E-state index contributed by atoms with van der Waals surface area (Å²) in [7, 11) is 1.56. The molecule has 0 spiro atoms. The van der Waals surface area contributed by atoms with Gasteiger partial charge >= 0.3 is 0 Å². The number of alkyl halides is 1. The van der Waals surface area contributed by atoms with Gasteiger partial charge < -0.3 is 4.74 Å². The first-order chi connectivity index (χ1) is 8.13. The molecule has 0 aliphatic heterocycles. The van der Waals surface area contributed by atoms with E-state index in [1.54, 1.807) is 7.11 Å². The molecule has 1 atom stereocenters. The molecular formula is C12H9BrF2OS. The molecule has 0 bridgehead atoms. The molecule has 2 rings (SSSR count). The van der Waals surface area contributed by atoms with Crippen molar-refractivity contribution in [3.8, 4) is 5.75 Å². The third kappa shape index (κ3) is 2.50. The average Bonchev–Trinajstić information content (AvgIpc) is 2.76. The second-order valence-corrected chi connectivity index (χ2v) is 5.24. The molecule has 0 N–H and O–H groups in total. The van der Waals surface area contributed by atoms with Crippen LogP contribution in [0.3, 0.4) is 0 Å². The van der Waals surface area contributed by atoms with Crippen LogP contribution in [-0.2, 0) is 0 Å². The average molecular weight is 319 g/mol. The zero-order valence-electron chi connectivity index (χ0n) is 8.91. The largest absolute Gasteiger partial charge is 0.496 e. The predicted molar refractivity (Wildman–Crippen MR) is 68.0 cm³/mol. The fourth-order valence-electron chi connectivity index (χ4n) is 1.51. The molecule has 2 aromatic rings. The van der Waals surface area contributed by atoms with Crippen molar-refractivity contribution in [3.63, 3.8) is 0 Å². The van der Waals surface area contributed by atoms with Gasteiger partial charge in [-0.15, -0.1) is 11.3 Å². The lowest BCUT2D eigenvalue weighted by Gasteiger charge is -2.11. The van der Waals surface area contributed by atoms with Crippen LogP contribution in [-0.4, -0.2) is 7.11 Å². The second kappa shape index (κ2) is 5.14. The summed E-state index contributed by atoms with van der Waals surface area (Å²) < 4.78 is 31.6. The van der Waals surface area contributed by atoms with Crippen LogP contribution in [0.5, 0.6) is 5.75 Å². The fourth-order valence-corrected chi connectivity index (χ4v) is 3.28. The molecule has 0 saturated heterocycles. The van der Waals surface area contributed by atoms with Gasteiger partial charge in [-0.05, 0) is 17.5 Å². The third-order valence-electron chi connectivity index (χ3n) is 2.34. The summed E-state index contributed by atoms with van der Waals surface area (Å²) in [4.78, 5) is 0.524. The summed E-state index contributed by atoms with van der Waals surface area (Å²) in [5.41, 5.74) is 0.396. The van der Waals surface area contributed by atoms with Crippen molar-refractivity contribution in [1.82, 2.24) is 0 Å². The minimum absolute atomic E-state index is 0.335. The zero-order chi connectivity index (χ0) is 12.4. The van der Waals surface area contributed by atoms with E-state index in [4.69, 9.17) is 4.74 Å². The van der Waals surface area contributed by atoms with E-state index in [9.17, 15) is 8.78 Å². The SMILES string of the molecule is COc1ccsc1C(Br)c1ccc(F)cc1F. The van der Waals surface area contributed by atoms with Crippen molar-refractivity contribution in [2.75, 3.05) is 7.11 Å². The van der Waals surface area contributed by atoms with Crippen molar-refractivity contribution >= 4 is 27.3 Å². The van der Waals surface area contributed by atoms with Gasteiger partial charge in [0.15, 0.2) is 0 Å². The van der Waals surface area contributed by atoms with E-state index in [0.29, 0.717) is 11.3 Å². The van der Waals surface area contributed by atoms with E-state index in [2.05, 4.69) is 15.9 Å². The highest BCUT2D eigenvalue weighted by molar-refractivity contribution is 9.09. The molecule has 0 saturated carbocycles. The van der Waals surface area contributed by atoms with Gasteiger partial charge in [-0.1, -0.05) is 22.0 Å². The number of thiophene rings is 1. The van der Waals surface area contributed by atoms with Crippen molar-refractivity contribution in [3.05, 3.63) is 51.7 Å².